The number of carboxylic acid groups (broad SMARTS) is 1. The number of aliphatic hydroxyl groups excluding tert-OH is 2. The average molecular weight is 1130 g/mol. The number of hydrogen-bond donors (Lipinski definition) is 5. The van der Waals surface area contributed by atoms with Crippen molar-refractivity contribution < 1.29 is 101 Å². The van der Waals surface area contributed by atoms with Gasteiger partial charge in [-0.15, -0.1) is 0 Å². The van der Waals surface area contributed by atoms with Crippen LogP contribution in [0.3, 0.4) is 0 Å². The third kappa shape index (κ3) is 9.71. The molecule has 21 heteroatoms. The molecule has 1 unspecified atom stereocenters. The third-order valence-corrected chi connectivity index (χ3v) is 21.4. The number of fused-ring (bicyclic) bond motifs is 12. The summed E-state index contributed by atoms with van der Waals surface area (Å²) in [5.74, 6) is -7.87. The van der Waals surface area contributed by atoms with Gasteiger partial charge in [-0.25, -0.2) is 0 Å². The quantitative estimate of drug-likeness (QED) is 0.194. The molecule has 0 aliphatic carbocycles. The molecule has 14 rings (SSSR count). The number of rotatable bonds is 2. The second-order valence-electron chi connectivity index (χ2n) is 27.2. The van der Waals surface area contributed by atoms with Crippen molar-refractivity contribution in [1.82, 2.24) is 0 Å². The molecule has 446 valence electrons. The molecular formula is C59H84O21. The molecule has 14 aliphatic heterocycles. The smallest absolute Gasteiger partial charge is 0.308 e. The normalized spacial score (nSPS) is 57.4. The van der Waals surface area contributed by atoms with Crippen LogP contribution in [0.1, 0.15) is 143 Å². The lowest BCUT2D eigenvalue weighted by atomic mass is 9.78. The molecular weight excluding hydrogens is 1040 g/mol. The maximum atomic E-state index is 14.6. The van der Waals surface area contributed by atoms with Crippen LogP contribution in [0.2, 0.25) is 0 Å². The lowest BCUT2D eigenvalue weighted by Gasteiger charge is -2.54. The third-order valence-electron chi connectivity index (χ3n) is 21.4. The van der Waals surface area contributed by atoms with Crippen LogP contribution in [0.15, 0.2) is 24.3 Å². The summed E-state index contributed by atoms with van der Waals surface area (Å²) in [5.41, 5.74) is 1.92. The minimum absolute atomic E-state index is 0.0114. The number of esters is 1. The van der Waals surface area contributed by atoms with Crippen molar-refractivity contribution in [3.8, 4) is 0 Å². The van der Waals surface area contributed by atoms with Gasteiger partial charge in [-0.1, -0.05) is 40.9 Å². The Morgan fingerprint density at radius 2 is 1.23 bits per heavy atom. The molecule has 21 nitrogen and oxygen atoms in total. The Morgan fingerprint density at radius 3 is 2.04 bits per heavy atom. The van der Waals surface area contributed by atoms with Crippen molar-refractivity contribution in [3.63, 3.8) is 0 Å². The van der Waals surface area contributed by atoms with Gasteiger partial charge in [-0.3, -0.25) is 9.59 Å². The molecule has 0 aromatic heterocycles. The highest BCUT2D eigenvalue weighted by Crippen LogP contribution is 2.57. The van der Waals surface area contributed by atoms with E-state index in [0.29, 0.717) is 77.0 Å². The van der Waals surface area contributed by atoms with E-state index >= 15 is 0 Å². The molecule has 0 saturated carbocycles. The fourth-order valence-electron chi connectivity index (χ4n) is 17.6. The van der Waals surface area contributed by atoms with Crippen LogP contribution in [-0.2, 0) is 75.9 Å². The van der Waals surface area contributed by atoms with Gasteiger partial charge >= 0.3 is 11.9 Å². The van der Waals surface area contributed by atoms with Crippen LogP contribution in [0, 0.1) is 23.7 Å². The summed E-state index contributed by atoms with van der Waals surface area (Å²) < 4.78 is 94.3. The van der Waals surface area contributed by atoms with Crippen molar-refractivity contribution in [1.29, 1.82) is 0 Å². The fourth-order valence-corrected chi connectivity index (χ4v) is 17.6. The zero-order valence-corrected chi connectivity index (χ0v) is 46.5. The Morgan fingerprint density at radius 1 is 0.537 bits per heavy atom. The van der Waals surface area contributed by atoms with Crippen molar-refractivity contribution in [3.05, 3.63) is 24.3 Å². The molecule has 2 spiro atoms. The summed E-state index contributed by atoms with van der Waals surface area (Å²) >= 11 is 0. The van der Waals surface area contributed by atoms with Crippen LogP contribution in [-0.4, -0.2) is 201 Å². The van der Waals surface area contributed by atoms with Gasteiger partial charge in [0.1, 0.15) is 24.4 Å². The highest BCUT2D eigenvalue weighted by molar-refractivity contribution is 5.70. The molecule has 0 amide bonds. The molecule has 31 atom stereocenters. The number of carboxylic acids is 1. The minimum Gasteiger partial charge on any atom is -0.481 e. The summed E-state index contributed by atoms with van der Waals surface area (Å²) in [6.07, 6.45) is -6.29. The number of carbonyl (C=O) groups is 2. The monoisotopic (exact) mass is 1130 g/mol. The summed E-state index contributed by atoms with van der Waals surface area (Å²) in [5, 5.41) is 56.1. The maximum Gasteiger partial charge on any atom is 0.308 e. The van der Waals surface area contributed by atoms with E-state index in [1.54, 1.807) is 0 Å². The summed E-state index contributed by atoms with van der Waals surface area (Å²) in [6.45, 7) is 17.4. The lowest BCUT2D eigenvalue weighted by Crippen LogP contribution is -2.65. The average Bonchev–Trinajstić information content (AvgIpc) is 4.35. The van der Waals surface area contributed by atoms with Gasteiger partial charge in [0, 0.05) is 63.7 Å². The van der Waals surface area contributed by atoms with E-state index in [2.05, 4.69) is 40.9 Å². The molecule has 14 heterocycles. The van der Waals surface area contributed by atoms with E-state index in [1.165, 1.54) is 0 Å². The summed E-state index contributed by atoms with van der Waals surface area (Å²) in [4.78, 5) is 26.1. The Labute approximate surface area is 466 Å². The van der Waals surface area contributed by atoms with Crippen LogP contribution in [0.4, 0.5) is 0 Å². The second-order valence-corrected chi connectivity index (χ2v) is 27.2. The molecule has 80 heavy (non-hydrogen) atoms. The predicted octanol–water partition coefficient (Wildman–Crippen LogP) is 3.93. The number of carbonyl (C=O) groups excluding carboxylic acids is 1. The minimum atomic E-state index is -2.21. The first-order valence-corrected chi connectivity index (χ1v) is 30.4. The number of aliphatic carboxylic acids is 1. The van der Waals surface area contributed by atoms with Crippen molar-refractivity contribution in [2.75, 3.05) is 0 Å². The van der Waals surface area contributed by atoms with Gasteiger partial charge in [0.2, 0.25) is 0 Å². The molecule has 10 bridgehead atoms. The summed E-state index contributed by atoms with van der Waals surface area (Å²) in [7, 11) is 0. The van der Waals surface area contributed by atoms with Gasteiger partial charge < -0.3 is 91.8 Å². The molecule has 0 aromatic carbocycles. The van der Waals surface area contributed by atoms with E-state index in [1.807, 2.05) is 0 Å². The second kappa shape index (κ2) is 20.4. The molecule has 0 aromatic rings. The van der Waals surface area contributed by atoms with Crippen LogP contribution in [0.5, 0.6) is 0 Å². The fraction of sp³-hybridized carbons (Fsp3) is 0.898. The highest BCUT2D eigenvalue weighted by atomic mass is 16.8. The number of hydrogen-bond acceptors (Lipinski definition) is 20. The topological polar surface area (TPSA) is 265 Å². The molecule has 0 radical (unpaired) electrons. The first-order chi connectivity index (χ1) is 38.1. The predicted molar refractivity (Wildman–Crippen MR) is 273 cm³/mol. The van der Waals surface area contributed by atoms with Gasteiger partial charge in [0.05, 0.1) is 123 Å². The highest BCUT2D eigenvalue weighted by Gasteiger charge is 2.69. The van der Waals surface area contributed by atoms with Gasteiger partial charge in [0.25, 0.3) is 0 Å². The van der Waals surface area contributed by atoms with Gasteiger partial charge in [0.15, 0.2) is 29.3 Å². The van der Waals surface area contributed by atoms with Crippen LogP contribution >= 0.6 is 0 Å². The van der Waals surface area contributed by atoms with Gasteiger partial charge in [-0.2, -0.15) is 0 Å². The Hall–Kier alpha value is -2.26. The van der Waals surface area contributed by atoms with E-state index < -0.39 is 121 Å². The Balaban J connectivity index is 0.695. The van der Waals surface area contributed by atoms with E-state index in [9.17, 15) is 35.1 Å². The van der Waals surface area contributed by atoms with E-state index in [4.69, 9.17) is 66.3 Å². The van der Waals surface area contributed by atoms with Crippen molar-refractivity contribution in [2.24, 2.45) is 23.7 Å². The largest absolute Gasteiger partial charge is 0.481 e. The van der Waals surface area contributed by atoms with E-state index in [0.717, 1.165) is 17.6 Å². The lowest BCUT2D eigenvalue weighted by molar-refractivity contribution is -0.371. The molecule has 14 aliphatic rings. The Bertz CT molecular complexity index is 2410. The number of aliphatic hydroxyl groups is 4. The standard InChI is InChI=1S/C59H84O21/c1-25-13-31-7-9-35-26(2)14-33(67-35)11-12-58(65)55(64)59(66)24-44-53(79-59)54(80-58)52-36(70-44)10-8-32(69-52)15-47(63)74-51-30(6)50-41(71-40(51)17-37(68-31)29(25)5)18-39-43(73-50)22-57(75-39)23-45-49(78-57)28(4)21-56(77-45)20-27(3)48-42(76-56)16-34(60)38(72-48)19-46(61)62/h25,27-28,30-45,48-55,60,64-66H,2,5,7-24H2,1,3-4,6H3,(H,61,62)/t25-,27+,28+,30+,31+,32-,33+,34-,35+,36+,37-,38-,39-,40+,41+,42+,43-,44+,45+,48+,49+,50+,51-,52+,53-,54+,55+,56-,57+,58+,59?/m1/s1. The summed E-state index contributed by atoms with van der Waals surface area (Å²) in [6, 6.07) is 0. The zero-order valence-electron chi connectivity index (χ0n) is 46.5. The first-order valence-electron chi connectivity index (χ1n) is 30.4. The Kier molecular flexibility index (Phi) is 14.2. The molecule has 5 N–H and O–H groups in total. The number of ether oxygens (including phenoxy) is 14. The SMILES string of the molecule is C=C1C[C@@H]2CC[C@]3(O)O[C@H]4[C@H]5O[C@H](CC[C@@H]5O[C@H]5CC(O)(O[C@@H]45)[C@H]3O)CC(=O)O[C@@H]3[C@@H](C)[C@@H]4O[C@@H]5C[C@]6(C[C@@H]7O[C@]8(C[C@H](C)[C@@H]9O[C@H](CC(=O)O)[C@H](O)C[C@@H]9O8)C[C@H](C)[C@@H]7O6)O[C@@H]5C[C@@H]4O[C@H]3C[C@H]3O[C@@H](CC[C@@H]1O2)C[C@@H](C)C3=C. The molecule has 14 saturated heterocycles. The molecule has 14 fully saturated rings. The first kappa shape index (κ1) is 55.6. The van der Waals surface area contributed by atoms with Crippen LogP contribution < -0.4 is 0 Å². The zero-order chi connectivity index (χ0) is 55.5. The van der Waals surface area contributed by atoms with Crippen LogP contribution in [0.25, 0.3) is 0 Å². The van der Waals surface area contributed by atoms with Gasteiger partial charge in [-0.05, 0) is 73.8 Å². The maximum absolute atomic E-state index is 14.6. The van der Waals surface area contributed by atoms with Crippen molar-refractivity contribution >= 4 is 11.9 Å². The van der Waals surface area contributed by atoms with Crippen molar-refractivity contribution in [2.45, 2.75) is 307 Å². The van der Waals surface area contributed by atoms with E-state index in [-0.39, 0.29) is 111 Å².